The Labute approximate surface area is 133 Å². The summed E-state index contributed by atoms with van der Waals surface area (Å²) in [4.78, 5) is 6.46. The maximum Gasteiger partial charge on any atom is 0.193 e. The lowest BCUT2D eigenvalue weighted by molar-refractivity contribution is 0.395. The van der Waals surface area contributed by atoms with Crippen LogP contribution in [0.15, 0.2) is 29.3 Å². The minimum Gasteiger partial charge on any atom is -0.496 e. The number of hydrogen-bond acceptors (Lipinski definition) is 3. The molecule has 1 aromatic rings. The number of benzene rings is 1. The Hall–Kier alpha value is -1.36. The highest BCUT2D eigenvalue weighted by atomic mass is 32.2. The molecule has 118 valence electrons. The first kappa shape index (κ1) is 17.7. The summed E-state index contributed by atoms with van der Waals surface area (Å²) in [5.74, 6) is 1.80. The Kier molecular flexibility index (Phi) is 6.89. The molecule has 0 spiro atoms. The molecule has 0 aliphatic heterocycles. The fourth-order valence-electron chi connectivity index (χ4n) is 1.91. The maximum absolute atomic E-state index is 5.40. The highest BCUT2D eigenvalue weighted by molar-refractivity contribution is 7.99. The fourth-order valence-corrected chi connectivity index (χ4v) is 2.13. The molecule has 0 heterocycles. The number of guanidine groups is 1. The quantitative estimate of drug-likeness (QED) is 0.647. The van der Waals surface area contributed by atoms with Crippen LogP contribution in [0.5, 0.6) is 5.75 Å². The first-order chi connectivity index (χ1) is 9.93. The van der Waals surface area contributed by atoms with Crippen LogP contribution in [0.25, 0.3) is 0 Å². The molecule has 1 rings (SSSR count). The summed E-state index contributed by atoms with van der Waals surface area (Å²) < 4.78 is 5.58. The van der Waals surface area contributed by atoms with Gasteiger partial charge in [-0.3, -0.25) is 4.99 Å². The van der Waals surface area contributed by atoms with Crippen molar-refractivity contribution < 1.29 is 4.74 Å². The molecule has 0 bridgehead atoms. The van der Waals surface area contributed by atoms with Crippen molar-refractivity contribution >= 4 is 17.7 Å². The van der Waals surface area contributed by atoms with Gasteiger partial charge in [-0.2, -0.15) is 11.8 Å². The van der Waals surface area contributed by atoms with Gasteiger partial charge in [-0.1, -0.05) is 18.2 Å². The Bertz CT molecular complexity index is 474. The normalized spacial score (nSPS) is 12.2. The van der Waals surface area contributed by atoms with Crippen molar-refractivity contribution in [3.63, 3.8) is 0 Å². The second kappa shape index (κ2) is 8.17. The number of hydrogen-bond donors (Lipinski definition) is 1. The highest BCUT2D eigenvalue weighted by Crippen LogP contribution is 2.20. The van der Waals surface area contributed by atoms with Crippen molar-refractivity contribution in [2.24, 2.45) is 4.99 Å². The lowest BCUT2D eigenvalue weighted by Crippen LogP contribution is -2.43. The third-order valence-corrected chi connectivity index (χ3v) is 4.65. The van der Waals surface area contributed by atoms with Gasteiger partial charge in [0.1, 0.15) is 5.75 Å². The van der Waals surface area contributed by atoms with Crippen molar-refractivity contribution in [3.05, 3.63) is 29.8 Å². The maximum atomic E-state index is 5.40. The lowest BCUT2D eigenvalue weighted by atomic mass is 10.2. The van der Waals surface area contributed by atoms with E-state index in [1.54, 1.807) is 7.11 Å². The van der Waals surface area contributed by atoms with Crippen molar-refractivity contribution in [3.8, 4) is 5.75 Å². The fraction of sp³-hybridized carbons (Fsp3) is 0.562. The Morgan fingerprint density at radius 1 is 1.38 bits per heavy atom. The summed E-state index contributed by atoms with van der Waals surface area (Å²) in [6.07, 6.45) is 2.13. The number of thioether (sulfide) groups is 1. The average molecular weight is 309 g/mol. The van der Waals surface area contributed by atoms with Crippen LogP contribution in [0.2, 0.25) is 0 Å². The summed E-state index contributed by atoms with van der Waals surface area (Å²) in [6, 6.07) is 8.07. The molecule has 1 N–H and O–H groups in total. The van der Waals surface area contributed by atoms with Gasteiger partial charge in [-0.15, -0.1) is 0 Å². The largest absolute Gasteiger partial charge is 0.496 e. The van der Waals surface area contributed by atoms with Gasteiger partial charge in [0.2, 0.25) is 0 Å². The smallest absolute Gasteiger partial charge is 0.193 e. The van der Waals surface area contributed by atoms with E-state index in [-0.39, 0.29) is 4.75 Å². The third-order valence-electron chi connectivity index (χ3n) is 3.40. The molecule has 1 aromatic carbocycles. The van der Waals surface area contributed by atoms with Gasteiger partial charge in [-0.05, 0) is 26.2 Å². The van der Waals surface area contributed by atoms with Crippen molar-refractivity contribution in [1.29, 1.82) is 0 Å². The molecule has 0 fully saturated rings. The molecular weight excluding hydrogens is 282 g/mol. The van der Waals surface area contributed by atoms with Crippen LogP contribution in [-0.2, 0) is 6.54 Å². The summed E-state index contributed by atoms with van der Waals surface area (Å²) in [5, 5.41) is 3.43. The summed E-state index contributed by atoms with van der Waals surface area (Å²) in [5.41, 5.74) is 1.15. The van der Waals surface area contributed by atoms with Crippen molar-refractivity contribution in [1.82, 2.24) is 10.2 Å². The summed E-state index contributed by atoms with van der Waals surface area (Å²) in [6.45, 7) is 6.07. The minimum absolute atomic E-state index is 0.182. The zero-order chi connectivity index (χ0) is 15.9. The Balaban J connectivity index is 2.70. The van der Waals surface area contributed by atoms with E-state index in [1.807, 2.05) is 44.1 Å². The topological polar surface area (TPSA) is 36.9 Å². The van der Waals surface area contributed by atoms with Gasteiger partial charge in [0.05, 0.1) is 7.11 Å². The van der Waals surface area contributed by atoms with E-state index in [2.05, 4.69) is 41.4 Å². The molecular formula is C16H27N3OS. The second-order valence-electron chi connectivity index (χ2n) is 5.53. The summed E-state index contributed by atoms with van der Waals surface area (Å²) >= 11 is 1.85. The molecule has 5 heteroatoms. The van der Waals surface area contributed by atoms with E-state index in [0.29, 0.717) is 0 Å². The molecule has 0 aliphatic rings. The minimum atomic E-state index is 0.182. The number of aliphatic imine (C=N–C) groups is 1. The number of nitrogens with zero attached hydrogens (tertiary/aromatic N) is 2. The predicted octanol–water partition coefficient (Wildman–Crippen LogP) is 2.84. The van der Waals surface area contributed by atoms with Crippen LogP contribution in [0.1, 0.15) is 19.4 Å². The van der Waals surface area contributed by atoms with Gasteiger partial charge in [0.25, 0.3) is 0 Å². The standard InChI is InChI=1S/C16H27N3OS/c1-16(2,21-6)12-18-15(17-3)19(4)11-13-9-7-8-10-14(13)20-5/h7-10H,11-12H2,1-6H3,(H,17,18). The lowest BCUT2D eigenvalue weighted by Gasteiger charge is -2.27. The van der Waals surface area contributed by atoms with Crippen LogP contribution in [-0.4, -0.2) is 49.6 Å². The molecule has 0 saturated carbocycles. The van der Waals surface area contributed by atoms with E-state index >= 15 is 0 Å². The molecule has 4 nitrogen and oxygen atoms in total. The van der Waals surface area contributed by atoms with Gasteiger partial charge in [0, 0.05) is 37.5 Å². The van der Waals surface area contributed by atoms with Crippen LogP contribution >= 0.6 is 11.8 Å². The molecule has 0 atom stereocenters. The monoisotopic (exact) mass is 309 g/mol. The van der Waals surface area contributed by atoms with E-state index in [9.17, 15) is 0 Å². The molecule has 0 unspecified atom stereocenters. The Morgan fingerprint density at radius 2 is 2.05 bits per heavy atom. The van der Waals surface area contributed by atoms with Gasteiger partial charge in [-0.25, -0.2) is 0 Å². The van der Waals surface area contributed by atoms with Crippen LogP contribution in [0, 0.1) is 0 Å². The molecule has 21 heavy (non-hydrogen) atoms. The van der Waals surface area contributed by atoms with Crippen molar-refractivity contribution in [2.75, 3.05) is 34.0 Å². The molecule has 0 amide bonds. The molecule has 0 aromatic heterocycles. The first-order valence-corrected chi connectivity index (χ1v) is 8.25. The number of ether oxygens (including phenoxy) is 1. The SMILES string of the molecule is CN=C(NCC(C)(C)SC)N(C)Cc1ccccc1OC. The molecule has 0 radical (unpaired) electrons. The van der Waals surface area contributed by atoms with E-state index in [1.165, 1.54) is 0 Å². The average Bonchev–Trinajstić information content (AvgIpc) is 2.48. The Morgan fingerprint density at radius 3 is 2.62 bits per heavy atom. The number of methoxy groups -OCH3 is 1. The number of nitrogens with one attached hydrogen (secondary N) is 1. The van der Waals surface area contributed by atoms with E-state index in [4.69, 9.17) is 4.74 Å². The molecule has 0 aliphatic carbocycles. The predicted molar refractivity (Wildman–Crippen MR) is 93.4 cm³/mol. The zero-order valence-electron chi connectivity index (χ0n) is 13.9. The highest BCUT2D eigenvalue weighted by Gasteiger charge is 2.17. The number of rotatable bonds is 6. The first-order valence-electron chi connectivity index (χ1n) is 7.02. The summed E-state index contributed by atoms with van der Waals surface area (Å²) in [7, 11) is 5.55. The second-order valence-corrected chi connectivity index (χ2v) is 7.05. The number of para-hydroxylation sites is 1. The van der Waals surface area contributed by atoms with Crippen LogP contribution in [0.3, 0.4) is 0 Å². The van der Waals surface area contributed by atoms with Gasteiger partial charge in [0.15, 0.2) is 5.96 Å². The van der Waals surface area contributed by atoms with E-state index < -0.39 is 0 Å². The van der Waals surface area contributed by atoms with Gasteiger partial charge < -0.3 is 15.0 Å². The van der Waals surface area contributed by atoms with Crippen molar-refractivity contribution in [2.45, 2.75) is 25.1 Å². The van der Waals surface area contributed by atoms with Crippen LogP contribution < -0.4 is 10.1 Å². The zero-order valence-corrected chi connectivity index (χ0v) is 14.8. The molecule has 0 saturated heterocycles. The van der Waals surface area contributed by atoms with E-state index in [0.717, 1.165) is 30.4 Å². The third kappa shape index (κ3) is 5.50. The van der Waals surface area contributed by atoms with Crippen LogP contribution in [0.4, 0.5) is 0 Å². The van der Waals surface area contributed by atoms with Gasteiger partial charge >= 0.3 is 0 Å².